The molecule has 0 bridgehead atoms. The molecule has 2 rings (SSSR count). The Morgan fingerprint density at radius 1 is 1.42 bits per heavy atom. The van der Waals surface area contributed by atoms with Crippen LogP contribution in [0.1, 0.15) is 5.56 Å². The van der Waals surface area contributed by atoms with Crippen molar-refractivity contribution >= 4 is 28.5 Å². The zero-order valence-corrected chi connectivity index (χ0v) is 11.2. The molecule has 6 heteroatoms. The zero-order chi connectivity index (χ0) is 14.2. The van der Waals surface area contributed by atoms with Gasteiger partial charge in [-0.3, -0.25) is 9.59 Å². The molecule has 0 aliphatic carbocycles. The number of aryl methyl sites for hydroxylation is 1. The Morgan fingerprint density at radius 3 is 2.68 bits per heavy atom. The zero-order valence-electron chi connectivity index (χ0n) is 10.4. The molecule has 0 fully saturated rings. The van der Waals surface area contributed by atoms with E-state index in [0.29, 0.717) is 21.7 Å². The highest BCUT2D eigenvalue weighted by atomic mass is 35.5. The maximum absolute atomic E-state index is 12.0. The summed E-state index contributed by atoms with van der Waals surface area (Å²) >= 11 is 6.02. The van der Waals surface area contributed by atoms with Crippen LogP contribution >= 0.6 is 11.6 Å². The Morgan fingerprint density at radius 2 is 2.11 bits per heavy atom. The van der Waals surface area contributed by atoms with E-state index in [9.17, 15) is 9.59 Å². The number of carboxylic acid groups (broad SMARTS) is 1. The molecule has 0 unspecified atom stereocenters. The molecule has 1 heterocycles. The molecule has 0 amide bonds. The van der Waals surface area contributed by atoms with Crippen LogP contribution < -0.4 is 10.3 Å². The maximum atomic E-state index is 12.0. The van der Waals surface area contributed by atoms with Gasteiger partial charge in [0.05, 0.1) is 24.1 Å². The van der Waals surface area contributed by atoms with Crippen molar-refractivity contribution in [1.82, 2.24) is 4.57 Å². The number of carboxylic acids is 1. The second-order valence-corrected chi connectivity index (χ2v) is 4.56. The lowest BCUT2D eigenvalue weighted by Gasteiger charge is -2.10. The maximum Gasteiger partial charge on any atom is 0.308 e. The van der Waals surface area contributed by atoms with Crippen LogP contribution in [0.25, 0.3) is 10.9 Å². The highest BCUT2D eigenvalue weighted by Gasteiger charge is 2.12. The van der Waals surface area contributed by atoms with Gasteiger partial charge >= 0.3 is 5.97 Å². The number of aliphatic carboxylic acids is 1. The van der Waals surface area contributed by atoms with Gasteiger partial charge in [-0.1, -0.05) is 11.6 Å². The number of rotatable bonds is 3. The summed E-state index contributed by atoms with van der Waals surface area (Å²) in [5, 5.41) is 9.91. The van der Waals surface area contributed by atoms with Crippen molar-refractivity contribution in [2.45, 2.75) is 6.42 Å². The summed E-state index contributed by atoms with van der Waals surface area (Å²) in [7, 11) is 3.08. The van der Waals surface area contributed by atoms with E-state index in [0.717, 1.165) is 0 Å². The number of halogens is 1. The lowest BCUT2D eigenvalue weighted by atomic mass is 10.1. The molecule has 1 N–H and O–H groups in total. The lowest BCUT2D eigenvalue weighted by Crippen LogP contribution is -2.23. The number of benzene rings is 1. The molecule has 0 saturated heterocycles. The van der Waals surface area contributed by atoms with E-state index in [-0.39, 0.29) is 17.5 Å². The highest BCUT2D eigenvalue weighted by molar-refractivity contribution is 6.32. The quantitative estimate of drug-likeness (QED) is 0.932. The summed E-state index contributed by atoms with van der Waals surface area (Å²) in [4.78, 5) is 22.8. The first-order valence-electron chi connectivity index (χ1n) is 5.52. The number of aromatic nitrogens is 1. The van der Waals surface area contributed by atoms with Gasteiger partial charge in [0.25, 0.3) is 5.56 Å². The Kier molecular flexibility index (Phi) is 3.48. The van der Waals surface area contributed by atoms with Gasteiger partial charge in [0, 0.05) is 18.0 Å². The van der Waals surface area contributed by atoms with E-state index in [4.69, 9.17) is 21.4 Å². The molecule has 1 aromatic carbocycles. The van der Waals surface area contributed by atoms with E-state index < -0.39 is 5.97 Å². The third-order valence-electron chi connectivity index (χ3n) is 2.91. The van der Waals surface area contributed by atoms with Crippen LogP contribution in [0.4, 0.5) is 0 Å². The monoisotopic (exact) mass is 281 g/mol. The van der Waals surface area contributed by atoms with Gasteiger partial charge < -0.3 is 14.4 Å². The molecule has 0 spiro atoms. The first-order chi connectivity index (χ1) is 8.93. The van der Waals surface area contributed by atoms with Crippen molar-refractivity contribution in [3.63, 3.8) is 0 Å². The molecular weight excluding hydrogens is 270 g/mol. The summed E-state index contributed by atoms with van der Waals surface area (Å²) in [6, 6.07) is 4.87. The topological polar surface area (TPSA) is 68.5 Å². The molecule has 5 nitrogen and oxygen atoms in total. The Bertz CT molecular complexity index is 721. The van der Waals surface area contributed by atoms with Crippen LogP contribution in [-0.2, 0) is 18.3 Å². The standard InChI is InChI=1S/C13H12ClNO4/c1-15-10-6-9(14)11(19-2)4-7(10)3-8(13(15)18)5-12(16)17/h3-4,6H,5H2,1-2H3,(H,16,17). The number of methoxy groups -OCH3 is 1. The number of hydrogen-bond acceptors (Lipinski definition) is 3. The smallest absolute Gasteiger partial charge is 0.308 e. The van der Waals surface area contributed by atoms with Crippen molar-refractivity contribution in [1.29, 1.82) is 0 Å². The predicted octanol–water partition coefficient (Wildman–Crippen LogP) is 1.83. The minimum Gasteiger partial charge on any atom is -0.495 e. The van der Waals surface area contributed by atoms with Gasteiger partial charge in [0.15, 0.2) is 0 Å². The molecule has 19 heavy (non-hydrogen) atoms. The van der Waals surface area contributed by atoms with E-state index in [1.165, 1.54) is 11.7 Å². The highest BCUT2D eigenvalue weighted by Crippen LogP contribution is 2.29. The second-order valence-electron chi connectivity index (χ2n) is 4.15. The molecule has 0 atom stereocenters. The average molecular weight is 282 g/mol. The molecule has 100 valence electrons. The summed E-state index contributed by atoms with van der Waals surface area (Å²) in [5.41, 5.74) is 0.521. The molecule has 0 saturated carbocycles. The fraction of sp³-hybridized carbons (Fsp3) is 0.231. The first-order valence-corrected chi connectivity index (χ1v) is 5.89. The molecule has 0 aliphatic rings. The van der Waals surface area contributed by atoms with Crippen LogP contribution in [0.15, 0.2) is 23.0 Å². The molecule has 0 aliphatic heterocycles. The van der Waals surface area contributed by atoms with Crippen LogP contribution in [0.3, 0.4) is 0 Å². The van der Waals surface area contributed by atoms with Gasteiger partial charge in [-0.05, 0) is 18.2 Å². The number of carbonyl (C=O) groups is 1. The van der Waals surface area contributed by atoms with E-state index >= 15 is 0 Å². The van der Waals surface area contributed by atoms with Gasteiger partial charge in [-0.15, -0.1) is 0 Å². The van der Waals surface area contributed by atoms with Crippen LogP contribution in [0.5, 0.6) is 5.75 Å². The summed E-state index contributed by atoms with van der Waals surface area (Å²) in [5.74, 6) is -0.563. The molecule has 2 aromatic rings. The van der Waals surface area contributed by atoms with Crippen LogP contribution in [0.2, 0.25) is 5.02 Å². The van der Waals surface area contributed by atoms with Gasteiger partial charge in [0.2, 0.25) is 0 Å². The molecular formula is C13H12ClNO4. The largest absolute Gasteiger partial charge is 0.495 e. The van der Waals surface area contributed by atoms with E-state index in [1.54, 1.807) is 25.2 Å². The summed E-state index contributed by atoms with van der Waals surface area (Å²) < 4.78 is 6.50. The number of nitrogens with zero attached hydrogens (tertiary/aromatic N) is 1. The fourth-order valence-corrected chi connectivity index (χ4v) is 2.22. The normalized spacial score (nSPS) is 10.7. The first kappa shape index (κ1) is 13.4. The minimum absolute atomic E-state index is 0.229. The molecule has 0 radical (unpaired) electrons. The van der Waals surface area contributed by atoms with Crippen molar-refractivity contribution in [3.05, 3.63) is 39.1 Å². The van der Waals surface area contributed by atoms with E-state index in [1.807, 2.05) is 0 Å². The van der Waals surface area contributed by atoms with Gasteiger partial charge in [0.1, 0.15) is 5.75 Å². The Hall–Kier alpha value is -2.01. The summed E-state index contributed by atoms with van der Waals surface area (Å²) in [6.45, 7) is 0. The van der Waals surface area contributed by atoms with E-state index in [2.05, 4.69) is 0 Å². The van der Waals surface area contributed by atoms with Crippen molar-refractivity contribution in [3.8, 4) is 5.75 Å². The van der Waals surface area contributed by atoms with Crippen molar-refractivity contribution < 1.29 is 14.6 Å². The van der Waals surface area contributed by atoms with Crippen LogP contribution in [0, 0.1) is 0 Å². The number of fused-ring (bicyclic) bond motifs is 1. The van der Waals surface area contributed by atoms with Crippen molar-refractivity contribution in [2.24, 2.45) is 7.05 Å². The second kappa shape index (κ2) is 4.93. The number of ether oxygens (including phenoxy) is 1. The minimum atomic E-state index is -1.04. The van der Waals surface area contributed by atoms with Gasteiger partial charge in [-0.25, -0.2) is 0 Å². The number of pyridine rings is 1. The Balaban J connectivity index is 2.77. The molecule has 1 aromatic heterocycles. The predicted molar refractivity (Wildman–Crippen MR) is 72.1 cm³/mol. The summed E-state index contributed by atoms with van der Waals surface area (Å²) in [6.07, 6.45) is -0.312. The van der Waals surface area contributed by atoms with Gasteiger partial charge in [-0.2, -0.15) is 0 Å². The van der Waals surface area contributed by atoms with Crippen molar-refractivity contribution in [2.75, 3.05) is 7.11 Å². The lowest BCUT2D eigenvalue weighted by molar-refractivity contribution is -0.136. The SMILES string of the molecule is COc1cc2cc(CC(=O)O)c(=O)n(C)c2cc1Cl. The third-order valence-corrected chi connectivity index (χ3v) is 3.21. The average Bonchev–Trinajstić information content (AvgIpc) is 2.35. The fourth-order valence-electron chi connectivity index (χ4n) is 1.98. The Labute approximate surface area is 114 Å². The number of hydrogen-bond donors (Lipinski definition) is 1. The third kappa shape index (κ3) is 2.42. The van der Waals surface area contributed by atoms with Crippen LogP contribution in [-0.4, -0.2) is 22.8 Å².